The van der Waals surface area contributed by atoms with Crippen molar-refractivity contribution in [3.8, 4) is 0 Å². The number of carboxylic acids is 1. The van der Waals surface area contributed by atoms with Crippen molar-refractivity contribution in [1.82, 2.24) is 15.3 Å². The number of aryl methyl sites for hydroxylation is 1. The van der Waals surface area contributed by atoms with Gasteiger partial charge in [-0.25, -0.2) is 9.97 Å². The number of nitrogens with one attached hydrogen (secondary N) is 1. The highest BCUT2D eigenvalue weighted by molar-refractivity contribution is 5.66. The highest BCUT2D eigenvalue weighted by Gasteiger charge is 1.97. The highest BCUT2D eigenvalue weighted by Crippen LogP contribution is 1.94. The maximum atomic E-state index is 10.2. The van der Waals surface area contributed by atoms with Crippen LogP contribution in [0.1, 0.15) is 17.8 Å². The van der Waals surface area contributed by atoms with Crippen LogP contribution < -0.4 is 5.32 Å². The predicted octanol–water partition coefficient (Wildman–Crippen LogP) is 0.349. The number of carboxylic acid groups (broad SMARTS) is 1. The zero-order valence-electron chi connectivity index (χ0n) is 8.03. The van der Waals surface area contributed by atoms with Gasteiger partial charge >= 0.3 is 5.97 Å². The first-order chi connectivity index (χ1) is 6.68. The molecule has 0 unspecified atom stereocenters. The Balaban J connectivity index is 2.25. The molecule has 0 aliphatic carbocycles. The fourth-order valence-corrected chi connectivity index (χ4v) is 0.939. The van der Waals surface area contributed by atoms with Gasteiger partial charge in [0.2, 0.25) is 0 Å². The molecule has 0 fully saturated rings. The van der Waals surface area contributed by atoms with Crippen molar-refractivity contribution >= 4 is 5.97 Å². The summed E-state index contributed by atoms with van der Waals surface area (Å²) in [6, 6.07) is 0. The third kappa shape index (κ3) is 3.95. The van der Waals surface area contributed by atoms with E-state index in [0.29, 0.717) is 13.1 Å². The Bertz CT molecular complexity index is 297. The first-order valence-corrected chi connectivity index (χ1v) is 4.38. The minimum absolute atomic E-state index is 0.132. The molecule has 2 N–H and O–H groups in total. The zero-order valence-corrected chi connectivity index (χ0v) is 8.03. The van der Waals surface area contributed by atoms with E-state index in [1.807, 2.05) is 6.92 Å². The smallest absolute Gasteiger partial charge is 0.304 e. The van der Waals surface area contributed by atoms with Crippen molar-refractivity contribution in [2.24, 2.45) is 0 Å². The minimum Gasteiger partial charge on any atom is -0.481 e. The third-order valence-electron chi connectivity index (χ3n) is 1.68. The Kier molecular flexibility index (Phi) is 4.00. The van der Waals surface area contributed by atoms with Crippen molar-refractivity contribution in [2.45, 2.75) is 19.9 Å². The van der Waals surface area contributed by atoms with E-state index in [1.54, 1.807) is 12.4 Å². The number of aliphatic carboxylic acids is 1. The molecule has 0 radical (unpaired) electrons. The minimum atomic E-state index is -0.794. The lowest BCUT2D eigenvalue weighted by molar-refractivity contribution is -0.136. The molecule has 0 bridgehead atoms. The lowest BCUT2D eigenvalue weighted by Gasteiger charge is -2.02. The van der Waals surface area contributed by atoms with E-state index in [9.17, 15) is 4.79 Å². The predicted molar refractivity (Wildman–Crippen MR) is 50.7 cm³/mol. The molecule has 76 valence electrons. The summed E-state index contributed by atoms with van der Waals surface area (Å²) in [5.74, 6) is -0.0584. The van der Waals surface area contributed by atoms with E-state index < -0.39 is 5.97 Å². The molecular weight excluding hydrogens is 182 g/mol. The van der Waals surface area contributed by atoms with Gasteiger partial charge in [-0.1, -0.05) is 0 Å². The number of rotatable bonds is 5. The SMILES string of the molecule is Cc1ncc(CNCCC(=O)O)cn1. The van der Waals surface area contributed by atoms with Gasteiger partial charge in [-0.05, 0) is 6.92 Å². The van der Waals surface area contributed by atoms with Gasteiger partial charge in [0.1, 0.15) is 5.82 Å². The van der Waals surface area contributed by atoms with Crippen molar-refractivity contribution in [1.29, 1.82) is 0 Å². The Morgan fingerprint density at radius 1 is 1.50 bits per heavy atom. The second-order valence-electron chi connectivity index (χ2n) is 2.96. The standard InChI is InChI=1S/C9H13N3O2/c1-7-11-5-8(6-12-7)4-10-3-2-9(13)14/h5-6,10H,2-4H2,1H3,(H,13,14). The maximum Gasteiger partial charge on any atom is 0.304 e. The van der Waals surface area contributed by atoms with Crippen LogP contribution in [0.5, 0.6) is 0 Å². The highest BCUT2D eigenvalue weighted by atomic mass is 16.4. The number of aromatic nitrogens is 2. The van der Waals surface area contributed by atoms with Crippen molar-refractivity contribution in [2.75, 3.05) is 6.54 Å². The van der Waals surface area contributed by atoms with Crippen LogP contribution in [-0.4, -0.2) is 27.6 Å². The van der Waals surface area contributed by atoms with E-state index in [2.05, 4.69) is 15.3 Å². The van der Waals surface area contributed by atoms with Gasteiger partial charge in [0.25, 0.3) is 0 Å². The summed E-state index contributed by atoms with van der Waals surface area (Å²) in [6.07, 6.45) is 3.60. The molecule has 0 saturated carbocycles. The molecule has 0 spiro atoms. The molecule has 0 aliphatic heterocycles. The van der Waals surface area contributed by atoms with Crippen LogP contribution in [0.4, 0.5) is 0 Å². The summed E-state index contributed by atoms with van der Waals surface area (Å²) in [7, 11) is 0. The monoisotopic (exact) mass is 195 g/mol. The molecule has 0 saturated heterocycles. The number of hydrogen-bond donors (Lipinski definition) is 2. The van der Waals surface area contributed by atoms with Crippen molar-refractivity contribution < 1.29 is 9.90 Å². The van der Waals surface area contributed by atoms with Crippen LogP contribution in [0.25, 0.3) is 0 Å². The van der Waals surface area contributed by atoms with Crippen LogP contribution in [0, 0.1) is 6.92 Å². The Hall–Kier alpha value is -1.49. The Morgan fingerprint density at radius 2 is 2.14 bits per heavy atom. The summed E-state index contributed by atoms with van der Waals surface area (Å²) < 4.78 is 0. The molecule has 0 amide bonds. The van der Waals surface area contributed by atoms with Gasteiger partial charge in [-0.3, -0.25) is 4.79 Å². The fraction of sp³-hybridized carbons (Fsp3) is 0.444. The topological polar surface area (TPSA) is 75.1 Å². The summed E-state index contributed by atoms with van der Waals surface area (Å²) >= 11 is 0. The molecular formula is C9H13N3O2. The normalized spacial score (nSPS) is 10.1. The molecule has 14 heavy (non-hydrogen) atoms. The molecule has 1 rings (SSSR count). The lowest BCUT2D eigenvalue weighted by atomic mass is 10.3. The zero-order chi connectivity index (χ0) is 10.4. The molecule has 1 heterocycles. The first kappa shape index (κ1) is 10.6. The molecule has 5 nitrogen and oxygen atoms in total. The number of nitrogens with zero attached hydrogens (tertiary/aromatic N) is 2. The van der Waals surface area contributed by atoms with E-state index in [1.165, 1.54) is 0 Å². The average molecular weight is 195 g/mol. The molecule has 0 atom stereocenters. The van der Waals surface area contributed by atoms with Crippen LogP contribution in [0.3, 0.4) is 0 Å². The van der Waals surface area contributed by atoms with Crippen LogP contribution in [-0.2, 0) is 11.3 Å². The summed E-state index contributed by atoms with van der Waals surface area (Å²) in [4.78, 5) is 18.2. The summed E-state index contributed by atoms with van der Waals surface area (Å²) in [5.41, 5.74) is 0.959. The van der Waals surface area contributed by atoms with Crippen LogP contribution in [0.2, 0.25) is 0 Å². The lowest BCUT2D eigenvalue weighted by Crippen LogP contribution is -2.17. The number of carbonyl (C=O) groups is 1. The number of hydrogen-bond acceptors (Lipinski definition) is 4. The fourth-order valence-electron chi connectivity index (χ4n) is 0.939. The maximum absolute atomic E-state index is 10.2. The largest absolute Gasteiger partial charge is 0.481 e. The van der Waals surface area contributed by atoms with E-state index >= 15 is 0 Å². The third-order valence-corrected chi connectivity index (χ3v) is 1.68. The quantitative estimate of drug-likeness (QED) is 0.663. The van der Waals surface area contributed by atoms with Crippen LogP contribution in [0.15, 0.2) is 12.4 Å². The van der Waals surface area contributed by atoms with Gasteiger partial charge < -0.3 is 10.4 Å². The van der Waals surface area contributed by atoms with Gasteiger partial charge in [0.05, 0.1) is 6.42 Å². The van der Waals surface area contributed by atoms with E-state index in [0.717, 1.165) is 11.4 Å². The van der Waals surface area contributed by atoms with E-state index in [4.69, 9.17) is 5.11 Å². The average Bonchev–Trinajstić information content (AvgIpc) is 2.15. The second kappa shape index (κ2) is 5.29. The molecule has 5 heteroatoms. The van der Waals surface area contributed by atoms with Gasteiger partial charge in [-0.15, -0.1) is 0 Å². The molecule has 1 aromatic rings. The summed E-state index contributed by atoms with van der Waals surface area (Å²) in [6.45, 7) is 2.89. The first-order valence-electron chi connectivity index (χ1n) is 4.38. The Morgan fingerprint density at radius 3 is 2.71 bits per heavy atom. The van der Waals surface area contributed by atoms with Gasteiger partial charge in [-0.2, -0.15) is 0 Å². The molecule has 0 aliphatic rings. The second-order valence-corrected chi connectivity index (χ2v) is 2.96. The summed E-state index contributed by atoms with van der Waals surface area (Å²) in [5, 5.41) is 11.4. The van der Waals surface area contributed by atoms with E-state index in [-0.39, 0.29) is 6.42 Å². The van der Waals surface area contributed by atoms with Crippen molar-refractivity contribution in [3.05, 3.63) is 23.8 Å². The molecule has 0 aromatic carbocycles. The molecule has 1 aromatic heterocycles. The van der Waals surface area contributed by atoms with Gasteiger partial charge in [0.15, 0.2) is 0 Å². The van der Waals surface area contributed by atoms with Gasteiger partial charge in [0, 0.05) is 31.0 Å². The Labute approximate surface area is 82.2 Å². The van der Waals surface area contributed by atoms with Crippen LogP contribution >= 0.6 is 0 Å². The van der Waals surface area contributed by atoms with Crippen molar-refractivity contribution in [3.63, 3.8) is 0 Å².